The average molecular weight is 325 g/mol. The van der Waals surface area contributed by atoms with Gasteiger partial charge in [-0.1, -0.05) is 18.5 Å². The highest BCUT2D eigenvalue weighted by Crippen LogP contribution is 2.38. The summed E-state index contributed by atoms with van der Waals surface area (Å²) in [6, 6.07) is 1.04. The summed E-state index contributed by atoms with van der Waals surface area (Å²) in [7, 11) is -3.66. The largest absolute Gasteiger partial charge is 0.300 e. The monoisotopic (exact) mass is 324 g/mol. The van der Waals surface area contributed by atoms with Crippen molar-refractivity contribution >= 4 is 38.6 Å². The molecule has 0 unspecified atom stereocenters. The molecule has 0 atom stereocenters. The zero-order valence-corrected chi connectivity index (χ0v) is 12.6. The van der Waals surface area contributed by atoms with Crippen molar-refractivity contribution < 1.29 is 13.3 Å². The van der Waals surface area contributed by atoms with E-state index in [1.54, 1.807) is 0 Å². The Kier molecular flexibility index (Phi) is 4.14. The van der Waals surface area contributed by atoms with Gasteiger partial charge in [0.15, 0.2) is 4.34 Å². The SMILES string of the molecule is CC1CCN(S(=O)(=O)c2cc([N+](=O)[O-])c(Cl)s2)CC1. The Bertz CT molecular complexity index is 591. The number of halogens is 1. The van der Waals surface area contributed by atoms with Gasteiger partial charge in [0.2, 0.25) is 0 Å². The molecule has 0 N–H and O–H groups in total. The summed E-state index contributed by atoms with van der Waals surface area (Å²) in [6.45, 7) is 2.98. The molecule has 1 saturated heterocycles. The lowest BCUT2D eigenvalue weighted by Gasteiger charge is -2.28. The second-order valence-corrected chi connectivity index (χ2v) is 8.39. The Balaban J connectivity index is 2.29. The molecule has 2 rings (SSSR count). The number of hydrogen-bond donors (Lipinski definition) is 0. The standard InChI is InChI=1S/C10H13ClN2O4S2/c1-7-2-4-12(5-3-7)19(16,17)9-6-8(13(14)15)10(11)18-9/h6-7H,2-5H2,1H3. The van der Waals surface area contributed by atoms with E-state index in [0.29, 0.717) is 19.0 Å². The van der Waals surface area contributed by atoms with E-state index in [1.165, 1.54) is 4.31 Å². The van der Waals surface area contributed by atoms with Crippen molar-refractivity contribution in [2.75, 3.05) is 13.1 Å². The minimum Gasteiger partial charge on any atom is -0.258 e. The lowest BCUT2D eigenvalue weighted by molar-refractivity contribution is -0.384. The van der Waals surface area contributed by atoms with E-state index >= 15 is 0 Å². The van der Waals surface area contributed by atoms with Gasteiger partial charge in [-0.3, -0.25) is 10.1 Å². The Morgan fingerprint density at radius 1 is 1.47 bits per heavy atom. The first-order valence-corrected chi connectivity index (χ1v) is 8.39. The van der Waals surface area contributed by atoms with Gasteiger partial charge in [0.1, 0.15) is 4.21 Å². The van der Waals surface area contributed by atoms with Gasteiger partial charge in [0.25, 0.3) is 15.7 Å². The van der Waals surface area contributed by atoms with Crippen LogP contribution < -0.4 is 0 Å². The molecule has 1 aliphatic heterocycles. The number of nitrogens with zero attached hydrogens (tertiary/aromatic N) is 2. The highest BCUT2D eigenvalue weighted by molar-refractivity contribution is 7.91. The van der Waals surface area contributed by atoms with Crippen molar-refractivity contribution in [3.8, 4) is 0 Å². The summed E-state index contributed by atoms with van der Waals surface area (Å²) in [5, 5.41) is 10.7. The second kappa shape index (κ2) is 5.35. The van der Waals surface area contributed by atoms with Crippen LogP contribution in [0.2, 0.25) is 4.34 Å². The molecule has 1 aliphatic rings. The number of sulfonamides is 1. The number of nitro groups is 1. The zero-order chi connectivity index (χ0) is 14.2. The van der Waals surface area contributed by atoms with E-state index in [4.69, 9.17) is 11.6 Å². The third kappa shape index (κ3) is 2.91. The van der Waals surface area contributed by atoms with Crippen LogP contribution in [0.3, 0.4) is 0 Å². The predicted octanol–water partition coefficient (Wildman–Crippen LogP) is 2.73. The molecule has 6 nitrogen and oxygen atoms in total. The Morgan fingerprint density at radius 3 is 2.53 bits per heavy atom. The van der Waals surface area contributed by atoms with Gasteiger partial charge in [-0.2, -0.15) is 4.31 Å². The average Bonchev–Trinajstić information content (AvgIpc) is 2.72. The maximum atomic E-state index is 12.3. The quantitative estimate of drug-likeness (QED) is 0.632. The Labute approximate surface area is 120 Å². The van der Waals surface area contributed by atoms with Crippen LogP contribution in [0.15, 0.2) is 10.3 Å². The summed E-state index contributed by atoms with van der Waals surface area (Å²) >= 11 is 6.44. The minimum absolute atomic E-state index is 0.0567. The molecule has 9 heteroatoms. The van der Waals surface area contributed by atoms with Crippen LogP contribution in [0.25, 0.3) is 0 Å². The van der Waals surface area contributed by atoms with Crippen molar-refractivity contribution in [1.29, 1.82) is 0 Å². The Morgan fingerprint density at radius 2 is 2.05 bits per heavy atom. The molecule has 1 aromatic rings. The second-order valence-electron chi connectivity index (χ2n) is 4.57. The first-order chi connectivity index (χ1) is 8.82. The molecule has 1 aromatic heterocycles. The van der Waals surface area contributed by atoms with Gasteiger partial charge in [-0.25, -0.2) is 8.42 Å². The fourth-order valence-corrected chi connectivity index (χ4v) is 5.23. The molecular formula is C10H13ClN2O4S2. The van der Waals surface area contributed by atoms with Gasteiger partial charge in [-0.05, 0) is 18.8 Å². The lowest BCUT2D eigenvalue weighted by atomic mass is 10.0. The summed E-state index contributed by atoms with van der Waals surface area (Å²) in [6.07, 6.45) is 1.61. The lowest BCUT2D eigenvalue weighted by Crippen LogP contribution is -2.37. The smallest absolute Gasteiger partial charge is 0.258 e. The van der Waals surface area contributed by atoms with E-state index in [1.807, 2.05) is 0 Å². The fourth-order valence-electron chi connectivity index (χ4n) is 1.94. The van der Waals surface area contributed by atoms with E-state index in [9.17, 15) is 18.5 Å². The van der Waals surface area contributed by atoms with Crippen LogP contribution in [0.1, 0.15) is 19.8 Å². The molecule has 106 valence electrons. The highest BCUT2D eigenvalue weighted by Gasteiger charge is 2.32. The number of thiophene rings is 1. The molecule has 0 amide bonds. The summed E-state index contributed by atoms with van der Waals surface area (Å²) in [5.74, 6) is 0.507. The van der Waals surface area contributed by atoms with Gasteiger partial charge < -0.3 is 0 Å². The normalized spacial score (nSPS) is 18.6. The van der Waals surface area contributed by atoms with E-state index < -0.39 is 14.9 Å². The number of hydrogen-bond acceptors (Lipinski definition) is 5. The van der Waals surface area contributed by atoms with Gasteiger partial charge >= 0.3 is 0 Å². The molecule has 0 spiro atoms. The van der Waals surface area contributed by atoms with Crippen molar-refractivity contribution in [1.82, 2.24) is 4.31 Å². The first-order valence-electron chi connectivity index (χ1n) is 5.76. The van der Waals surface area contributed by atoms with Gasteiger partial charge in [-0.15, -0.1) is 11.3 Å². The van der Waals surface area contributed by atoms with E-state index in [-0.39, 0.29) is 14.2 Å². The number of piperidine rings is 1. The maximum absolute atomic E-state index is 12.3. The third-order valence-corrected chi connectivity index (χ3v) is 6.87. The third-order valence-electron chi connectivity index (χ3n) is 3.18. The first kappa shape index (κ1) is 14.7. The maximum Gasteiger partial charge on any atom is 0.300 e. The summed E-state index contributed by atoms with van der Waals surface area (Å²) < 4.78 is 25.9. The summed E-state index contributed by atoms with van der Waals surface area (Å²) in [4.78, 5) is 10.0. The van der Waals surface area contributed by atoms with Gasteiger partial charge in [0, 0.05) is 19.2 Å². The van der Waals surface area contributed by atoms with Crippen LogP contribution in [0.5, 0.6) is 0 Å². The van der Waals surface area contributed by atoms with Crippen LogP contribution in [0, 0.1) is 16.0 Å². The van der Waals surface area contributed by atoms with E-state index in [2.05, 4.69) is 6.92 Å². The van der Waals surface area contributed by atoms with Crippen LogP contribution in [-0.2, 0) is 10.0 Å². The van der Waals surface area contributed by atoms with Crippen molar-refractivity contribution in [2.45, 2.75) is 24.0 Å². The van der Waals surface area contributed by atoms with Crippen molar-refractivity contribution in [2.24, 2.45) is 5.92 Å². The van der Waals surface area contributed by atoms with Crippen molar-refractivity contribution in [3.63, 3.8) is 0 Å². The van der Waals surface area contributed by atoms with Crippen LogP contribution in [0.4, 0.5) is 5.69 Å². The number of rotatable bonds is 3. The molecule has 0 saturated carbocycles. The molecule has 1 fully saturated rings. The fraction of sp³-hybridized carbons (Fsp3) is 0.600. The zero-order valence-electron chi connectivity index (χ0n) is 10.2. The molecule has 0 radical (unpaired) electrons. The summed E-state index contributed by atoms with van der Waals surface area (Å²) in [5.41, 5.74) is -0.351. The molecule has 2 heterocycles. The molecule has 0 bridgehead atoms. The van der Waals surface area contributed by atoms with Crippen molar-refractivity contribution in [3.05, 3.63) is 20.5 Å². The molecule has 0 aromatic carbocycles. The van der Waals surface area contributed by atoms with Crippen LogP contribution in [-0.4, -0.2) is 30.7 Å². The molecular weight excluding hydrogens is 312 g/mol. The topological polar surface area (TPSA) is 80.5 Å². The van der Waals surface area contributed by atoms with E-state index in [0.717, 1.165) is 30.2 Å². The molecule has 0 aliphatic carbocycles. The van der Waals surface area contributed by atoms with Crippen LogP contribution >= 0.6 is 22.9 Å². The highest BCUT2D eigenvalue weighted by atomic mass is 35.5. The Hall–Kier alpha value is -0.700. The van der Waals surface area contributed by atoms with Gasteiger partial charge in [0.05, 0.1) is 4.92 Å². The molecule has 19 heavy (non-hydrogen) atoms. The predicted molar refractivity (Wildman–Crippen MR) is 73.1 cm³/mol. The minimum atomic E-state index is -3.66.